The van der Waals surface area contributed by atoms with Crippen LogP contribution in [0, 0.1) is 0 Å². The molecular formula is C89H88Cl2N12O30. The quantitative estimate of drug-likeness (QED) is 0.0227. The van der Waals surface area contributed by atoms with Crippen LogP contribution in [-0.4, -0.2) is 254 Å². The summed E-state index contributed by atoms with van der Waals surface area (Å²) in [6.45, 7) is 2.38. The van der Waals surface area contributed by atoms with Crippen LogP contribution in [0.1, 0.15) is 120 Å². The van der Waals surface area contributed by atoms with Gasteiger partial charge in [0.1, 0.15) is 59.2 Å². The third-order valence-electron chi connectivity index (χ3n) is 20.7. The molecule has 133 heavy (non-hydrogen) atoms. The van der Waals surface area contributed by atoms with Gasteiger partial charge in [-0.25, -0.2) is 42.8 Å². The highest BCUT2D eigenvalue weighted by Gasteiger charge is 2.64. The van der Waals surface area contributed by atoms with Crippen LogP contribution in [0.15, 0.2) is 207 Å². The Morgan fingerprint density at radius 2 is 0.662 bits per heavy atom. The smallest absolute Gasteiger partial charge is 0.338 e. The van der Waals surface area contributed by atoms with E-state index in [1.807, 2.05) is 0 Å². The number of rotatable bonds is 37. The minimum atomic E-state index is -2.35. The molecule has 4 fully saturated rings. The lowest BCUT2D eigenvalue weighted by molar-refractivity contribution is -0.359. The van der Waals surface area contributed by atoms with Crippen molar-refractivity contribution in [1.82, 2.24) is 60.0 Å². The van der Waals surface area contributed by atoms with E-state index in [1.165, 1.54) is 110 Å². The molecule has 0 amide bonds. The second-order valence-electron chi connectivity index (χ2n) is 30.6. The number of ether oxygens (including phenoxy) is 19. The molecule has 14 rings (SSSR count). The molecule has 698 valence electrons. The van der Waals surface area contributed by atoms with E-state index in [0.29, 0.717) is 5.69 Å². The molecule has 6 aromatic carbocycles. The fraction of sp³-hybridized carbons (Fsp3) is 0.382. The summed E-state index contributed by atoms with van der Waals surface area (Å²) in [5.74, 6) is -12.9. The van der Waals surface area contributed by atoms with Crippen molar-refractivity contribution < 1.29 is 143 Å². The van der Waals surface area contributed by atoms with Gasteiger partial charge in [0.15, 0.2) is 73.6 Å². The molecule has 0 radical (unpaired) electrons. The monoisotopic (exact) mass is 1870 g/mol. The highest BCUT2D eigenvalue weighted by molar-refractivity contribution is 6.21. The van der Waals surface area contributed by atoms with E-state index in [9.17, 15) is 52.7 Å². The van der Waals surface area contributed by atoms with E-state index in [4.69, 9.17) is 113 Å². The molecule has 0 N–H and O–H groups in total. The Kier molecular flexibility index (Phi) is 31.9. The van der Waals surface area contributed by atoms with Crippen molar-refractivity contribution >= 4 is 88.9 Å². The maximum Gasteiger partial charge on any atom is 0.338 e. The van der Waals surface area contributed by atoms with Crippen LogP contribution in [0.4, 0.5) is 0 Å². The van der Waals surface area contributed by atoms with Gasteiger partial charge in [-0.05, 0) is 72.8 Å². The van der Waals surface area contributed by atoms with Crippen LogP contribution < -0.4 is 0 Å². The number of aromatic nitrogens is 12. The van der Waals surface area contributed by atoms with Crippen molar-refractivity contribution in [2.45, 2.75) is 196 Å². The number of hydrogen-bond donors (Lipinski definition) is 0. The number of hydrogen-bond acceptors (Lipinski definition) is 38. The lowest BCUT2D eigenvalue weighted by atomic mass is 9.97. The highest BCUT2D eigenvalue weighted by Crippen LogP contribution is 2.44. The minimum absolute atomic E-state index is 0.0310. The van der Waals surface area contributed by atoms with Crippen LogP contribution in [0.3, 0.4) is 0 Å². The average molecular weight is 1880 g/mol. The first-order chi connectivity index (χ1) is 64.2. The van der Waals surface area contributed by atoms with Gasteiger partial charge in [0, 0.05) is 41.7 Å². The van der Waals surface area contributed by atoms with Crippen LogP contribution in [-0.2, 0) is 167 Å². The fourth-order valence-electron chi connectivity index (χ4n) is 14.8. The molecule has 8 heterocycles. The molecule has 4 aliphatic heterocycles. The molecule has 0 spiro atoms. The Hall–Kier alpha value is -13.7. The third-order valence-corrected chi connectivity index (χ3v) is 21.6. The minimum Gasteiger partial charge on any atom is -0.463 e. The van der Waals surface area contributed by atoms with Crippen molar-refractivity contribution in [3.63, 3.8) is 0 Å². The number of benzene rings is 6. The maximum atomic E-state index is 14.7. The highest BCUT2D eigenvalue weighted by atomic mass is 35.5. The maximum absolute atomic E-state index is 14.7. The Balaban J connectivity index is 0.738. The van der Waals surface area contributed by atoms with Crippen LogP contribution in [0.2, 0.25) is 0 Å². The lowest BCUT2D eigenvalue weighted by Gasteiger charge is -2.45. The largest absolute Gasteiger partial charge is 0.463 e. The summed E-state index contributed by atoms with van der Waals surface area (Å²) in [6.07, 6.45) is -21.7. The second-order valence-corrected chi connectivity index (χ2v) is 31.3. The SMILES string of the molecule is CC(=O)OC[C@H]1O[C@H](O[C@]2(CCl)O[C@H](Cn3cc(COCc4cn(C[C@H]5OC(OCc6cn(C[C@H]7O[C@@H](OCc8cn(C)nn8)[C@H](OC(=O)c8ccccc8)[C@@H](OC(=O)c8ccccc8)[C@@H]7OC(=O)c7ccccc7)nn6)[C@H](OC(=O)c6ccccc6)[C@@H](OC(=O)c6ccccc6)[C@@H]5OC(=O)c5ccccc5)nn4)nn3)[C@@H](OC(C)=O)[C@@H]2OC(C)=O)[C@H](OC(C)=O)[C@@H](OC(C)=O)[C@H]1Cl. The van der Waals surface area contributed by atoms with Gasteiger partial charge in [-0.15, -0.1) is 43.6 Å². The number of carbonyl (C=O) groups excluding carboxylic acids is 11. The molecule has 0 bridgehead atoms. The zero-order valence-electron chi connectivity index (χ0n) is 71.8. The Labute approximate surface area is 766 Å². The zero-order valence-corrected chi connectivity index (χ0v) is 73.3. The summed E-state index contributed by atoms with van der Waals surface area (Å²) in [4.78, 5) is 150. The van der Waals surface area contributed by atoms with Gasteiger partial charge >= 0.3 is 65.7 Å². The van der Waals surface area contributed by atoms with Gasteiger partial charge in [0.05, 0.1) is 110 Å². The number of carbonyl (C=O) groups is 11. The van der Waals surface area contributed by atoms with Crippen LogP contribution >= 0.6 is 23.2 Å². The first-order valence-corrected chi connectivity index (χ1v) is 42.4. The first kappa shape index (κ1) is 95.4. The Bertz CT molecular complexity index is 5680. The second kappa shape index (κ2) is 44.5. The Morgan fingerprint density at radius 3 is 1.02 bits per heavy atom. The third kappa shape index (κ3) is 24.7. The standard InChI is InChI=1S/C89H88Cl2N12O30/c1-50(104)116-48-68-69(91)73(120-52(3)106)76(121-53(4)107)88(125-68)133-89(49-90)79(122-54(5)108)72(119-51(2)105)67(132-89)43-103-39-63(94-98-103)45-115-44-62-38-101(97-93-62)41-65-70(126-80(109)55-25-13-7-14-26-55)75(129-83(112)58-31-19-10-20-32-58)78(131-85(114)60-35-23-12-24-36-60)87(124-65)118-47-64-40-102(99-95-64)42-66-71(127-81(110)56-27-15-8-16-28-56)74(128-82(111)57-29-17-9-18-30-57)77(130-84(113)59-33-21-11-22-34-59)86(123-66)117-46-61-37-100(6)96-92-61/h7-40,65-79,86-88H,41-49H2,1-6H3/t65-,66-,67-,68-,69+,70-,71-,72-,73+,74+,75+,76-,77-,78-,79+,86-,87?,88-,89+/m1/s1. The fourth-order valence-corrected chi connectivity index (χ4v) is 15.4. The number of halogens is 2. The van der Waals surface area contributed by atoms with E-state index in [-0.39, 0.29) is 89.9 Å². The Morgan fingerprint density at radius 1 is 0.346 bits per heavy atom. The van der Waals surface area contributed by atoms with E-state index in [2.05, 4.69) is 41.2 Å². The first-order valence-electron chi connectivity index (χ1n) is 41.4. The number of alkyl halides is 2. The van der Waals surface area contributed by atoms with Crippen LogP contribution in [0.25, 0.3) is 0 Å². The summed E-state index contributed by atoms with van der Waals surface area (Å²) in [6, 6.07) is 47.1. The van der Waals surface area contributed by atoms with Crippen molar-refractivity contribution in [1.29, 1.82) is 0 Å². The van der Waals surface area contributed by atoms with Gasteiger partial charge < -0.3 is 90.0 Å². The van der Waals surface area contributed by atoms with Gasteiger partial charge in [-0.2, -0.15) is 0 Å². The van der Waals surface area contributed by atoms with Crippen molar-refractivity contribution in [2.24, 2.45) is 7.05 Å². The predicted octanol–water partition coefficient (Wildman–Crippen LogP) is 6.52. The zero-order chi connectivity index (χ0) is 93.8. The summed E-state index contributed by atoms with van der Waals surface area (Å²) in [7, 11) is 1.64. The molecule has 42 nitrogen and oxygen atoms in total. The normalized spacial score (nSPS) is 24.9. The van der Waals surface area contributed by atoms with Crippen molar-refractivity contribution in [2.75, 3.05) is 12.5 Å². The predicted molar refractivity (Wildman–Crippen MR) is 447 cm³/mol. The molecule has 0 saturated carbocycles. The summed E-state index contributed by atoms with van der Waals surface area (Å²) < 4.78 is 123. The number of aryl methyl sites for hydroxylation is 1. The summed E-state index contributed by atoms with van der Waals surface area (Å²) in [5.41, 5.74) is 1.14. The average Bonchev–Trinajstić information content (AvgIpc) is 1.61. The molecule has 44 heteroatoms. The molecule has 10 aromatic rings. The molecule has 0 aliphatic carbocycles. The van der Waals surface area contributed by atoms with Gasteiger partial charge in [0.25, 0.3) is 0 Å². The lowest BCUT2D eigenvalue weighted by Crippen LogP contribution is -2.63. The van der Waals surface area contributed by atoms with Gasteiger partial charge in [-0.1, -0.05) is 130 Å². The van der Waals surface area contributed by atoms with Crippen LogP contribution in [0.5, 0.6) is 0 Å². The van der Waals surface area contributed by atoms with E-state index in [1.54, 1.807) is 122 Å². The molecule has 1 unspecified atom stereocenters. The molecule has 4 aromatic heterocycles. The van der Waals surface area contributed by atoms with Crippen molar-refractivity contribution in [3.8, 4) is 0 Å². The molecular weight excluding hydrogens is 1790 g/mol. The summed E-state index contributed by atoms with van der Waals surface area (Å²) in [5, 5.41) is 32.9. The molecule has 19 atom stereocenters. The van der Waals surface area contributed by atoms with E-state index in [0.717, 1.165) is 34.6 Å². The van der Waals surface area contributed by atoms with Crippen molar-refractivity contribution in [3.05, 3.63) is 263 Å². The number of nitrogens with zero attached hydrogens (tertiary/aromatic N) is 12. The topological polar surface area (TPSA) is 486 Å². The van der Waals surface area contributed by atoms with Gasteiger partial charge in [-0.3, -0.25) is 28.7 Å². The van der Waals surface area contributed by atoms with E-state index >= 15 is 0 Å². The molecule has 4 aliphatic rings. The van der Waals surface area contributed by atoms with Gasteiger partial charge in [0.2, 0.25) is 12.1 Å². The number of esters is 11. The van der Waals surface area contributed by atoms with E-state index < -0.39 is 200 Å². The molecule has 4 saturated heterocycles. The summed E-state index contributed by atoms with van der Waals surface area (Å²) >= 11 is 13.5.